The van der Waals surface area contributed by atoms with Gasteiger partial charge in [0.2, 0.25) is 5.91 Å². The Kier molecular flexibility index (Phi) is 7.38. The summed E-state index contributed by atoms with van der Waals surface area (Å²) in [7, 11) is 0. The van der Waals surface area contributed by atoms with Crippen LogP contribution in [0.1, 0.15) is 71.3 Å². The fraction of sp³-hybridized carbons (Fsp3) is 0.654. The van der Waals surface area contributed by atoms with Crippen molar-refractivity contribution in [1.82, 2.24) is 20.2 Å². The smallest absolute Gasteiger partial charge is 0.225 e. The summed E-state index contributed by atoms with van der Waals surface area (Å²) in [6, 6.07) is 4.75. The molecule has 1 N–H and O–H groups in total. The minimum absolute atomic E-state index is 0.0731. The number of rotatable bonds is 7. The van der Waals surface area contributed by atoms with Crippen molar-refractivity contribution < 1.29 is 9.53 Å². The second kappa shape index (κ2) is 10.6. The van der Waals surface area contributed by atoms with E-state index in [4.69, 9.17) is 9.72 Å². The first-order chi connectivity index (χ1) is 16.1. The summed E-state index contributed by atoms with van der Waals surface area (Å²) in [6.07, 6.45) is 11.8. The number of hydrogen-bond acceptors (Lipinski definition) is 6. The van der Waals surface area contributed by atoms with E-state index in [0.717, 1.165) is 61.6 Å². The van der Waals surface area contributed by atoms with Crippen LogP contribution in [0.15, 0.2) is 18.3 Å². The Morgan fingerprint density at radius 2 is 2.09 bits per heavy atom. The van der Waals surface area contributed by atoms with Crippen LogP contribution >= 0.6 is 11.3 Å². The number of ether oxygens (including phenoxy) is 1. The number of carbonyl (C=O) groups is 1. The van der Waals surface area contributed by atoms with E-state index in [-0.39, 0.29) is 11.9 Å². The first kappa shape index (κ1) is 22.9. The number of nitrogens with one attached hydrogen (secondary N) is 1. The first-order valence-electron chi connectivity index (χ1n) is 12.7. The lowest BCUT2D eigenvalue weighted by Gasteiger charge is -2.31. The summed E-state index contributed by atoms with van der Waals surface area (Å²) in [4.78, 5) is 25.2. The second-order valence-electron chi connectivity index (χ2n) is 9.92. The molecule has 2 aromatic heterocycles. The highest BCUT2D eigenvalue weighted by molar-refractivity contribution is 7.11. The van der Waals surface area contributed by atoms with E-state index in [0.29, 0.717) is 25.0 Å². The number of fused-ring (bicyclic) bond motifs is 1. The van der Waals surface area contributed by atoms with E-state index in [1.165, 1.54) is 36.2 Å². The molecule has 1 saturated carbocycles. The molecule has 0 bridgehead atoms. The summed E-state index contributed by atoms with van der Waals surface area (Å²) in [5, 5.41) is 4.14. The van der Waals surface area contributed by atoms with Gasteiger partial charge in [0.1, 0.15) is 0 Å². The molecule has 4 heterocycles. The van der Waals surface area contributed by atoms with Gasteiger partial charge in [-0.05, 0) is 57.1 Å². The molecule has 6 nitrogen and oxygen atoms in total. The first-order valence-corrected chi connectivity index (χ1v) is 13.5. The van der Waals surface area contributed by atoms with E-state index in [1.807, 2.05) is 6.92 Å². The second-order valence-corrected chi connectivity index (χ2v) is 11.2. The van der Waals surface area contributed by atoms with Gasteiger partial charge in [-0.15, -0.1) is 11.3 Å². The highest BCUT2D eigenvalue weighted by Gasteiger charge is 2.25. The standard InChI is InChI=1S/C26H36N4O2S/c1-18-27-16-23(33-18)15-26(31)28-21-6-7-22(32-17-21)10-13-30-12-9-20-5-8-24(19-3-2-4-19)29-25(20)11-14-30/h5,8,16,19,21-22H,2-4,6-7,9-15,17H2,1H3,(H,28,31)/t21-,22+/m0/s1. The molecule has 178 valence electrons. The maximum absolute atomic E-state index is 12.3. The summed E-state index contributed by atoms with van der Waals surface area (Å²) in [6.45, 7) is 5.87. The van der Waals surface area contributed by atoms with Gasteiger partial charge in [0.05, 0.1) is 30.2 Å². The Hall–Kier alpha value is -1.83. The van der Waals surface area contributed by atoms with Crippen molar-refractivity contribution in [2.24, 2.45) is 0 Å². The summed E-state index contributed by atoms with van der Waals surface area (Å²) >= 11 is 1.59. The zero-order valence-corrected chi connectivity index (χ0v) is 20.5. The topological polar surface area (TPSA) is 67.4 Å². The zero-order valence-electron chi connectivity index (χ0n) is 19.7. The molecule has 1 aliphatic carbocycles. The molecule has 0 aromatic carbocycles. The quantitative estimate of drug-likeness (QED) is 0.669. The molecule has 7 heteroatoms. The van der Waals surface area contributed by atoms with Crippen LogP contribution in [0.2, 0.25) is 0 Å². The van der Waals surface area contributed by atoms with E-state index in [9.17, 15) is 4.79 Å². The van der Waals surface area contributed by atoms with Crippen LogP contribution in [0.4, 0.5) is 0 Å². The van der Waals surface area contributed by atoms with Crippen molar-refractivity contribution in [2.45, 2.75) is 82.8 Å². The molecule has 1 saturated heterocycles. The number of thiazole rings is 1. The molecule has 1 amide bonds. The number of amides is 1. The highest BCUT2D eigenvalue weighted by atomic mass is 32.1. The molecule has 0 unspecified atom stereocenters. The van der Waals surface area contributed by atoms with Crippen LogP contribution in [0.5, 0.6) is 0 Å². The Morgan fingerprint density at radius 3 is 2.82 bits per heavy atom. The zero-order chi connectivity index (χ0) is 22.6. The molecular weight excluding hydrogens is 432 g/mol. The Bertz CT molecular complexity index is 950. The summed E-state index contributed by atoms with van der Waals surface area (Å²) in [5.41, 5.74) is 4.11. The van der Waals surface area contributed by atoms with Crippen molar-refractivity contribution >= 4 is 17.2 Å². The predicted octanol–water partition coefficient (Wildman–Crippen LogP) is 3.81. The van der Waals surface area contributed by atoms with Crippen LogP contribution < -0.4 is 5.32 Å². The van der Waals surface area contributed by atoms with Gasteiger partial charge in [-0.3, -0.25) is 9.78 Å². The van der Waals surface area contributed by atoms with Crippen molar-refractivity contribution in [1.29, 1.82) is 0 Å². The summed E-state index contributed by atoms with van der Waals surface area (Å²) < 4.78 is 6.13. The summed E-state index contributed by atoms with van der Waals surface area (Å²) in [5.74, 6) is 0.785. The monoisotopic (exact) mass is 468 g/mol. The minimum Gasteiger partial charge on any atom is -0.376 e. The Balaban J connectivity index is 1.02. The molecule has 2 aromatic rings. The van der Waals surface area contributed by atoms with E-state index >= 15 is 0 Å². The normalized spacial score (nSPS) is 24.0. The molecular formula is C26H36N4O2S. The number of hydrogen-bond donors (Lipinski definition) is 1. The highest BCUT2D eigenvalue weighted by Crippen LogP contribution is 2.35. The van der Waals surface area contributed by atoms with Gasteiger partial charge in [-0.25, -0.2) is 4.98 Å². The number of aromatic nitrogens is 2. The van der Waals surface area contributed by atoms with Gasteiger partial charge < -0.3 is 15.0 Å². The molecule has 2 fully saturated rings. The third kappa shape index (κ3) is 6.00. The lowest BCUT2D eigenvalue weighted by molar-refractivity contribution is -0.122. The average Bonchev–Trinajstić information content (AvgIpc) is 3.06. The number of carbonyl (C=O) groups excluding carboxylic acids is 1. The SMILES string of the molecule is Cc1ncc(CC(=O)N[C@H]2CC[C@H](CCN3CCc4ccc(C5CCC5)nc4CC3)OC2)s1. The fourth-order valence-corrected chi connectivity index (χ4v) is 5.99. The third-order valence-corrected chi connectivity index (χ3v) is 8.39. The van der Waals surface area contributed by atoms with Crippen LogP contribution in [-0.2, 0) is 28.8 Å². The van der Waals surface area contributed by atoms with E-state index in [2.05, 4.69) is 27.3 Å². The van der Waals surface area contributed by atoms with Crippen molar-refractivity contribution in [2.75, 3.05) is 26.2 Å². The lowest BCUT2D eigenvalue weighted by atomic mass is 9.82. The molecule has 2 atom stereocenters. The number of nitrogens with zero attached hydrogens (tertiary/aromatic N) is 3. The van der Waals surface area contributed by atoms with Gasteiger partial charge in [-0.1, -0.05) is 12.5 Å². The average molecular weight is 469 g/mol. The molecule has 3 aliphatic rings. The van der Waals surface area contributed by atoms with E-state index < -0.39 is 0 Å². The number of aryl methyl sites for hydroxylation is 1. The largest absolute Gasteiger partial charge is 0.376 e. The Labute approximate surface area is 201 Å². The van der Waals surface area contributed by atoms with Gasteiger partial charge in [-0.2, -0.15) is 0 Å². The van der Waals surface area contributed by atoms with Gasteiger partial charge >= 0.3 is 0 Å². The predicted molar refractivity (Wildman–Crippen MR) is 131 cm³/mol. The number of pyridine rings is 1. The van der Waals surface area contributed by atoms with Crippen molar-refractivity contribution in [3.05, 3.63) is 45.2 Å². The molecule has 5 rings (SSSR count). The van der Waals surface area contributed by atoms with Gasteiger partial charge in [0.15, 0.2) is 0 Å². The minimum atomic E-state index is 0.0731. The Morgan fingerprint density at radius 1 is 1.21 bits per heavy atom. The molecule has 33 heavy (non-hydrogen) atoms. The van der Waals surface area contributed by atoms with Crippen LogP contribution in [0, 0.1) is 6.92 Å². The van der Waals surface area contributed by atoms with Crippen molar-refractivity contribution in [3.8, 4) is 0 Å². The maximum Gasteiger partial charge on any atom is 0.225 e. The van der Waals surface area contributed by atoms with Crippen LogP contribution in [0.25, 0.3) is 0 Å². The van der Waals surface area contributed by atoms with Crippen LogP contribution in [0.3, 0.4) is 0 Å². The van der Waals surface area contributed by atoms with Crippen molar-refractivity contribution in [3.63, 3.8) is 0 Å². The van der Waals surface area contributed by atoms with E-state index in [1.54, 1.807) is 17.5 Å². The maximum atomic E-state index is 12.3. The molecule has 0 radical (unpaired) electrons. The fourth-order valence-electron chi connectivity index (χ4n) is 5.20. The third-order valence-electron chi connectivity index (χ3n) is 7.48. The van der Waals surface area contributed by atoms with Gasteiger partial charge in [0.25, 0.3) is 0 Å². The van der Waals surface area contributed by atoms with Crippen LogP contribution in [-0.4, -0.2) is 59.2 Å². The molecule has 2 aliphatic heterocycles. The van der Waals surface area contributed by atoms with Gasteiger partial charge in [0, 0.05) is 54.4 Å². The molecule has 0 spiro atoms. The lowest BCUT2D eigenvalue weighted by Crippen LogP contribution is -2.44.